The molecule has 0 aliphatic rings. The van der Waals surface area contributed by atoms with Crippen LogP contribution in [0.3, 0.4) is 0 Å². The van der Waals surface area contributed by atoms with Crippen LogP contribution in [0.15, 0.2) is 42.5 Å². The normalized spacial score (nSPS) is 11.0. The van der Waals surface area contributed by atoms with E-state index >= 15 is 0 Å². The Morgan fingerprint density at radius 2 is 1.97 bits per heavy atom. The van der Waals surface area contributed by atoms with Gasteiger partial charge in [-0.3, -0.25) is 10.00 Å². The molecule has 0 radical (unpaired) electrons. The summed E-state index contributed by atoms with van der Waals surface area (Å²) in [5, 5.41) is 7.74. The first-order valence-electron chi connectivity index (χ1n) is 9.59. The van der Waals surface area contributed by atoms with Crippen LogP contribution in [0.25, 0.3) is 22.3 Å². The van der Waals surface area contributed by atoms with Crippen molar-refractivity contribution < 1.29 is 14.3 Å². The number of amides is 1. The molecule has 9 heteroatoms. The Morgan fingerprint density at radius 1 is 1.16 bits per heavy atom. The number of anilines is 1. The highest BCUT2D eigenvalue weighted by atomic mass is 35.5. The topological polar surface area (TPSA) is 83.2 Å². The number of nitrogens with one attached hydrogen (secondary N) is 1. The van der Waals surface area contributed by atoms with Gasteiger partial charge in [-0.25, -0.2) is 9.78 Å². The number of imidazole rings is 1. The third-order valence-electron chi connectivity index (χ3n) is 5.09. The quantitative estimate of drug-likeness (QED) is 0.487. The monoisotopic (exact) mass is 439 g/mol. The number of methoxy groups -OCH3 is 1. The van der Waals surface area contributed by atoms with E-state index in [1.165, 1.54) is 0 Å². The van der Waals surface area contributed by atoms with Crippen molar-refractivity contribution in [1.82, 2.24) is 19.3 Å². The standard InChI is InChI=1S/C22H22ClN5O3/c1-13-24-18-9-14(5-8-19(18)27(13)2)12-31-22(29)25-21-11-17(26-28(21)3)16-7-6-15(23)10-20(16)30-4/h5-11H,12H2,1-4H3,(H,25,29). The summed E-state index contributed by atoms with van der Waals surface area (Å²) in [6.07, 6.45) is -0.574. The maximum atomic E-state index is 12.3. The molecular weight excluding hydrogens is 418 g/mol. The molecule has 0 saturated carbocycles. The fraction of sp³-hybridized carbons (Fsp3) is 0.227. The number of carbonyl (C=O) groups is 1. The molecule has 31 heavy (non-hydrogen) atoms. The zero-order valence-corrected chi connectivity index (χ0v) is 18.4. The molecule has 4 aromatic rings. The Morgan fingerprint density at radius 3 is 2.74 bits per heavy atom. The zero-order chi connectivity index (χ0) is 22.1. The van der Waals surface area contributed by atoms with Gasteiger partial charge < -0.3 is 14.0 Å². The van der Waals surface area contributed by atoms with Crippen LogP contribution in [0.5, 0.6) is 5.75 Å². The van der Waals surface area contributed by atoms with Gasteiger partial charge in [0.25, 0.3) is 0 Å². The number of fused-ring (bicyclic) bond motifs is 1. The molecule has 0 bridgehead atoms. The summed E-state index contributed by atoms with van der Waals surface area (Å²) >= 11 is 6.03. The number of carbonyl (C=O) groups excluding carboxylic acids is 1. The third kappa shape index (κ3) is 4.20. The van der Waals surface area contributed by atoms with Crippen molar-refractivity contribution in [3.63, 3.8) is 0 Å². The fourth-order valence-corrected chi connectivity index (χ4v) is 3.50. The zero-order valence-electron chi connectivity index (χ0n) is 17.6. The Kier molecular flexibility index (Phi) is 5.56. The van der Waals surface area contributed by atoms with Crippen LogP contribution in [-0.4, -0.2) is 32.5 Å². The van der Waals surface area contributed by atoms with Crippen molar-refractivity contribution in [3.8, 4) is 17.0 Å². The van der Waals surface area contributed by atoms with Crippen molar-refractivity contribution in [3.05, 3.63) is 58.9 Å². The lowest BCUT2D eigenvalue weighted by Crippen LogP contribution is -2.15. The fourth-order valence-electron chi connectivity index (χ4n) is 3.34. The van der Waals surface area contributed by atoms with E-state index in [1.54, 1.807) is 37.0 Å². The van der Waals surface area contributed by atoms with Gasteiger partial charge in [0.05, 0.1) is 23.8 Å². The Hall–Kier alpha value is -3.52. The Balaban J connectivity index is 1.45. The number of halogens is 1. The summed E-state index contributed by atoms with van der Waals surface area (Å²) in [7, 11) is 5.27. The van der Waals surface area contributed by atoms with E-state index in [2.05, 4.69) is 15.4 Å². The van der Waals surface area contributed by atoms with Crippen LogP contribution in [0.4, 0.5) is 10.6 Å². The molecule has 0 spiro atoms. The summed E-state index contributed by atoms with van der Waals surface area (Å²) in [6, 6.07) is 12.9. The number of aryl methyl sites for hydroxylation is 3. The molecule has 0 fully saturated rings. The average molecular weight is 440 g/mol. The minimum absolute atomic E-state index is 0.132. The van der Waals surface area contributed by atoms with Crippen molar-refractivity contribution in [2.75, 3.05) is 12.4 Å². The number of hydrogen-bond donors (Lipinski definition) is 1. The van der Waals surface area contributed by atoms with Gasteiger partial charge in [-0.15, -0.1) is 0 Å². The van der Waals surface area contributed by atoms with Gasteiger partial charge in [-0.2, -0.15) is 5.10 Å². The molecule has 8 nitrogen and oxygen atoms in total. The van der Waals surface area contributed by atoms with Gasteiger partial charge in [0.2, 0.25) is 0 Å². The lowest BCUT2D eigenvalue weighted by molar-refractivity contribution is 0.155. The largest absolute Gasteiger partial charge is 0.496 e. The lowest BCUT2D eigenvalue weighted by atomic mass is 10.1. The number of ether oxygens (including phenoxy) is 2. The van der Waals surface area contributed by atoms with Crippen LogP contribution in [-0.2, 0) is 25.4 Å². The molecular formula is C22H22ClN5O3. The molecule has 2 heterocycles. The maximum absolute atomic E-state index is 12.3. The van der Waals surface area contributed by atoms with Crippen LogP contribution in [0.1, 0.15) is 11.4 Å². The maximum Gasteiger partial charge on any atom is 0.413 e. The van der Waals surface area contributed by atoms with E-state index in [1.807, 2.05) is 42.8 Å². The van der Waals surface area contributed by atoms with Crippen molar-refractivity contribution >= 4 is 34.5 Å². The molecule has 0 aliphatic heterocycles. The van der Waals surface area contributed by atoms with Gasteiger partial charge in [0.15, 0.2) is 0 Å². The van der Waals surface area contributed by atoms with E-state index in [0.717, 1.165) is 28.0 Å². The summed E-state index contributed by atoms with van der Waals surface area (Å²) in [5.74, 6) is 2.02. The first-order valence-corrected chi connectivity index (χ1v) is 9.97. The predicted octanol–water partition coefficient (Wildman–Crippen LogP) is 4.69. The van der Waals surface area contributed by atoms with Crippen LogP contribution < -0.4 is 10.1 Å². The molecule has 1 N–H and O–H groups in total. The van der Waals surface area contributed by atoms with Gasteiger partial charge in [0.1, 0.15) is 24.0 Å². The molecule has 0 aliphatic carbocycles. The first-order chi connectivity index (χ1) is 14.9. The second-order valence-electron chi connectivity index (χ2n) is 7.13. The summed E-state index contributed by atoms with van der Waals surface area (Å²) in [4.78, 5) is 16.8. The molecule has 4 rings (SSSR count). The average Bonchev–Trinajstić information content (AvgIpc) is 3.24. The van der Waals surface area contributed by atoms with Gasteiger partial charge >= 0.3 is 6.09 Å². The molecule has 0 atom stereocenters. The summed E-state index contributed by atoms with van der Waals surface area (Å²) in [6.45, 7) is 2.08. The highest BCUT2D eigenvalue weighted by molar-refractivity contribution is 6.30. The Labute approximate surface area is 184 Å². The molecule has 2 aromatic carbocycles. The molecule has 160 valence electrons. The smallest absolute Gasteiger partial charge is 0.413 e. The second-order valence-corrected chi connectivity index (χ2v) is 7.56. The predicted molar refractivity (Wildman–Crippen MR) is 119 cm³/mol. The highest BCUT2D eigenvalue weighted by Crippen LogP contribution is 2.32. The number of hydrogen-bond acceptors (Lipinski definition) is 5. The van der Waals surface area contributed by atoms with Crippen molar-refractivity contribution in [2.45, 2.75) is 13.5 Å². The molecule has 0 saturated heterocycles. The van der Waals surface area contributed by atoms with E-state index in [0.29, 0.717) is 22.3 Å². The minimum atomic E-state index is -0.574. The van der Waals surface area contributed by atoms with Crippen LogP contribution >= 0.6 is 11.6 Å². The minimum Gasteiger partial charge on any atom is -0.496 e. The van der Waals surface area contributed by atoms with Gasteiger partial charge in [-0.05, 0) is 42.8 Å². The number of nitrogens with zero attached hydrogens (tertiary/aromatic N) is 4. The SMILES string of the molecule is COc1cc(Cl)ccc1-c1cc(NC(=O)OCc2ccc3c(c2)nc(C)n3C)n(C)n1. The Bertz CT molecular complexity index is 1280. The van der Waals surface area contributed by atoms with Crippen molar-refractivity contribution in [1.29, 1.82) is 0 Å². The first kappa shape index (κ1) is 20.7. The van der Waals surface area contributed by atoms with Gasteiger partial charge in [-0.1, -0.05) is 17.7 Å². The van der Waals surface area contributed by atoms with Crippen molar-refractivity contribution in [2.24, 2.45) is 14.1 Å². The van der Waals surface area contributed by atoms with Gasteiger partial charge in [0, 0.05) is 30.7 Å². The number of benzene rings is 2. The van der Waals surface area contributed by atoms with E-state index in [-0.39, 0.29) is 6.61 Å². The van der Waals surface area contributed by atoms with E-state index in [9.17, 15) is 4.79 Å². The summed E-state index contributed by atoms with van der Waals surface area (Å²) in [5.41, 5.74) is 4.17. The number of aromatic nitrogens is 4. The van der Waals surface area contributed by atoms with Crippen LogP contribution in [0, 0.1) is 6.92 Å². The highest BCUT2D eigenvalue weighted by Gasteiger charge is 2.15. The van der Waals surface area contributed by atoms with E-state index in [4.69, 9.17) is 21.1 Å². The second kappa shape index (κ2) is 8.31. The third-order valence-corrected chi connectivity index (χ3v) is 5.32. The lowest BCUT2D eigenvalue weighted by Gasteiger charge is -2.07. The number of rotatable bonds is 5. The summed E-state index contributed by atoms with van der Waals surface area (Å²) < 4.78 is 14.3. The van der Waals surface area contributed by atoms with Crippen LogP contribution in [0.2, 0.25) is 5.02 Å². The molecule has 0 unspecified atom stereocenters. The molecule has 1 amide bonds. The van der Waals surface area contributed by atoms with E-state index < -0.39 is 6.09 Å². The molecule has 2 aromatic heterocycles.